The molecule has 7 heteroatoms. The van der Waals surface area contributed by atoms with Gasteiger partial charge in [0.1, 0.15) is 0 Å². The minimum absolute atomic E-state index is 0.0307. The molecule has 1 amide bonds. The second kappa shape index (κ2) is 6.44. The molecule has 0 saturated carbocycles. The van der Waals surface area contributed by atoms with Gasteiger partial charge in [-0.15, -0.1) is 0 Å². The van der Waals surface area contributed by atoms with Gasteiger partial charge in [0.15, 0.2) is 0 Å². The van der Waals surface area contributed by atoms with E-state index in [-0.39, 0.29) is 24.1 Å². The molecule has 0 aromatic carbocycles. The van der Waals surface area contributed by atoms with E-state index >= 15 is 0 Å². The Morgan fingerprint density at radius 1 is 1.42 bits per heavy atom. The molecule has 0 bridgehead atoms. The lowest BCUT2D eigenvalue weighted by Crippen LogP contribution is -2.50. The first-order valence-electron chi connectivity index (χ1n) is 6.02. The quantitative estimate of drug-likeness (QED) is 0.828. The Labute approximate surface area is 111 Å². The van der Waals surface area contributed by atoms with Crippen molar-refractivity contribution in [3.05, 3.63) is 18.0 Å². The van der Waals surface area contributed by atoms with Crippen LogP contribution in [0.25, 0.3) is 0 Å². The van der Waals surface area contributed by atoms with Crippen LogP contribution in [0.3, 0.4) is 0 Å². The molecule has 1 N–H and O–H groups in total. The van der Waals surface area contributed by atoms with Crippen molar-refractivity contribution in [2.45, 2.75) is 18.6 Å². The van der Waals surface area contributed by atoms with Gasteiger partial charge < -0.3 is 19.5 Å². The number of nitrogens with one attached hydrogen (secondary N) is 1. The normalized spacial score (nSPS) is 22.8. The van der Waals surface area contributed by atoms with Gasteiger partial charge in [-0.1, -0.05) is 0 Å². The van der Waals surface area contributed by atoms with Crippen LogP contribution in [0, 0.1) is 0 Å². The molecule has 2 atom stereocenters. The number of ether oxygens (including phenoxy) is 3. The van der Waals surface area contributed by atoms with E-state index in [0.717, 1.165) is 6.42 Å². The van der Waals surface area contributed by atoms with Crippen molar-refractivity contribution >= 4 is 5.91 Å². The lowest BCUT2D eigenvalue weighted by molar-refractivity contribution is -0.0349. The summed E-state index contributed by atoms with van der Waals surface area (Å²) >= 11 is 0. The minimum Gasteiger partial charge on any atom is -0.467 e. The maximum atomic E-state index is 12.0. The lowest BCUT2D eigenvalue weighted by atomic mass is 10.1. The fraction of sp³-hybridized carbons (Fsp3) is 0.583. The Kier molecular flexibility index (Phi) is 4.64. The monoisotopic (exact) mass is 267 g/mol. The molecular formula is C12H17N3O4. The van der Waals surface area contributed by atoms with Crippen molar-refractivity contribution in [1.82, 2.24) is 15.3 Å². The number of rotatable bonds is 4. The Balaban J connectivity index is 1.98. The molecule has 1 aliphatic rings. The predicted octanol–water partition coefficient (Wildman–Crippen LogP) is 0.0189. The zero-order valence-corrected chi connectivity index (χ0v) is 11.0. The predicted molar refractivity (Wildman–Crippen MR) is 66.1 cm³/mol. The van der Waals surface area contributed by atoms with Gasteiger partial charge in [-0.05, 0) is 6.42 Å². The highest BCUT2D eigenvalue weighted by Gasteiger charge is 2.27. The number of methoxy groups -OCH3 is 2. The van der Waals surface area contributed by atoms with Crippen LogP contribution in [0.5, 0.6) is 6.01 Å². The van der Waals surface area contributed by atoms with Crippen LogP contribution in [0.15, 0.2) is 12.4 Å². The lowest BCUT2D eigenvalue weighted by Gasteiger charge is -2.30. The summed E-state index contributed by atoms with van der Waals surface area (Å²) in [6.45, 7) is 1.10. The smallest absolute Gasteiger partial charge is 0.316 e. The second-order valence-corrected chi connectivity index (χ2v) is 4.18. The van der Waals surface area contributed by atoms with Gasteiger partial charge in [0.05, 0.1) is 31.4 Å². The van der Waals surface area contributed by atoms with Gasteiger partial charge in [-0.25, -0.2) is 9.97 Å². The molecule has 1 saturated heterocycles. The highest BCUT2D eigenvalue weighted by molar-refractivity contribution is 5.93. The molecule has 1 aromatic rings. The maximum Gasteiger partial charge on any atom is 0.316 e. The number of aromatic nitrogens is 2. The molecule has 1 aliphatic heterocycles. The van der Waals surface area contributed by atoms with Crippen molar-refractivity contribution in [3.8, 4) is 6.01 Å². The number of nitrogens with zero attached hydrogens (tertiary/aromatic N) is 2. The zero-order chi connectivity index (χ0) is 13.7. The molecule has 1 fully saturated rings. The molecule has 2 heterocycles. The summed E-state index contributed by atoms with van der Waals surface area (Å²) in [7, 11) is 3.10. The van der Waals surface area contributed by atoms with Gasteiger partial charge in [0, 0.05) is 26.1 Å². The summed E-state index contributed by atoms with van der Waals surface area (Å²) in [4.78, 5) is 19.8. The number of amides is 1. The first kappa shape index (κ1) is 13.7. The Morgan fingerprint density at radius 3 is 2.79 bits per heavy atom. The van der Waals surface area contributed by atoms with Crippen LogP contribution >= 0.6 is 0 Å². The van der Waals surface area contributed by atoms with Crippen LogP contribution in [0.2, 0.25) is 0 Å². The summed E-state index contributed by atoms with van der Waals surface area (Å²) in [5, 5.41) is 2.86. The van der Waals surface area contributed by atoms with Crippen molar-refractivity contribution in [2.24, 2.45) is 0 Å². The fourth-order valence-corrected chi connectivity index (χ4v) is 1.93. The summed E-state index contributed by atoms with van der Waals surface area (Å²) in [5.74, 6) is -0.250. The van der Waals surface area contributed by atoms with Crippen molar-refractivity contribution in [2.75, 3.05) is 27.4 Å². The first-order chi connectivity index (χ1) is 9.24. The highest BCUT2D eigenvalue weighted by atomic mass is 16.5. The van der Waals surface area contributed by atoms with Crippen molar-refractivity contribution in [3.63, 3.8) is 0 Å². The van der Waals surface area contributed by atoms with Gasteiger partial charge in [0.2, 0.25) is 0 Å². The topological polar surface area (TPSA) is 82.6 Å². The van der Waals surface area contributed by atoms with E-state index in [1.54, 1.807) is 7.11 Å². The highest BCUT2D eigenvalue weighted by Crippen LogP contribution is 2.12. The van der Waals surface area contributed by atoms with E-state index in [9.17, 15) is 4.79 Å². The van der Waals surface area contributed by atoms with Gasteiger partial charge >= 0.3 is 6.01 Å². The number of carbonyl (C=O) groups excluding carboxylic acids is 1. The molecular weight excluding hydrogens is 250 g/mol. The second-order valence-electron chi connectivity index (χ2n) is 4.18. The summed E-state index contributed by atoms with van der Waals surface area (Å²) in [5.41, 5.74) is 0.376. The van der Waals surface area contributed by atoms with Crippen LogP contribution in [0.4, 0.5) is 0 Å². The fourth-order valence-electron chi connectivity index (χ4n) is 1.93. The third kappa shape index (κ3) is 3.39. The third-order valence-corrected chi connectivity index (χ3v) is 2.99. The standard InChI is InChI=1S/C12H17N3O4/c1-17-10-3-4-19-7-9(10)15-11(16)8-5-13-12(18-2)14-6-8/h5-6,9-10H,3-4,7H2,1-2H3,(H,15,16)/t9-,10-/m1/s1. The number of hydrogen-bond donors (Lipinski definition) is 1. The largest absolute Gasteiger partial charge is 0.467 e. The van der Waals surface area contributed by atoms with E-state index in [2.05, 4.69) is 15.3 Å². The summed E-state index contributed by atoms with van der Waals surface area (Å²) in [6, 6.07) is 0.0701. The Hall–Kier alpha value is -1.73. The molecule has 19 heavy (non-hydrogen) atoms. The zero-order valence-electron chi connectivity index (χ0n) is 11.0. The summed E-state index contributed by atoms with van der Waals surface area (Å²) < 4.78 is 15.5. The maximum absolute atomic E-state index is 12.0. The van der Waals surface area contributed by atoms with E-state index in [4.69, 9.17) is 14.2 Å². The average molecular weight is 267 g/mol. The van der Waals surface area contributed by atoms with Gasteiger partial charge in [0.25, 0.3) is 5.91 Å². The van der Waals surface area contributed by atoms with E-state index in [1.807, 2.05) is 0 Å². The molecule has 0 radical (unpaired) electrons. The van der Waals surface area contributed by atoms with Crippen LogP contribution in [-0.2, 0) is 9.47 Å². The Morgan fingerprint density at radius 2 is 2.16 bits per heavy atom. The summed E-state index contributed by atoms with van der Waals surface area (Å²) in [6.07, 6.45) is 3.58. The SMILES string of the molecule is COc1ncc(C(=O)N[C@@H]2COCC[C@H]2OC)cn1. The van der Waals surface area contributed by atoms with Crippen LogP contribution in [-0.4, -0.2) is 55.5 Å². The molecule has 1 aromatic heterocycles. The molecule has 104 valence electrons. The van der Waals surface area contributed by atoms with Crippen LogP contribution in [0.1, 0.15) is 16.8 Å². The van der Waals surface area contributed by atoms with E-state index in [0.29, 0.717) is 18.8 Å². The van der Waals surface area contributed by atoms with Crippen molar-refractivity contribution < 1.29 is 19.0 Å². The van der Waals surface area contributed by atoms with Crippen molar-refractivity contribution in [1.29, 1.82) is 0 Å². The minimum atomic E-state index is -0.250. The third-order valence-electron chi connectivity index (χ3n) is 2.99. The number of carbonyl (C=O) groups is 1. The molecule has 2 rings (SSSR count). The molecule has 7 nitrogen and oxygen atoms in total. The number of hydrogen-bond acceptors (Lipinski definition) is 6. The van der Waals surface area contributed by atoms with E-state index in [1.165, 1.54) is 19.5 Å². The first-order valence-corrected chi connectivity index (χ1v) is 6.02. The van der Waals surface area contributed by atoms with E-state index < -0.39 is 0 Å². The molecule has 0 spiro atoms. The Bertz CT molecular complexity index is 423. The molecule has 0 unspecified atom stereocenters. The van der Waals surface area contributed by atoms with Gasteiger partial charge in [-0.3, -0.25) is 4.79 Å². The average Bonchev–Trinajstić information content (AvgIpc) is 2.48. The van der Waals surface area contributed by atoms with Crippen LogP contribution < -0.4 is 10.1 Å². The molecule has 0 aliphatic carbocycles. The van der Waals surface area contributed by atoms with Gasteiger partial charge in [-0.2, -0.15) is 0 Å².